The van der Waals surface area contributed by atoms with Crippen LogP contribution < -0.4 is 10.5 Å². The minimum atomic E-state index is -0.456. The molecule has 0 aliphatic rings. The molecule has 112 valence electrons. The first-order valence-corrected chi connectivity index (χ1v) is 8.27. The number of amides is 1. The molecule has 1 aromatic carbocycles. The molecule has 1 amide bonds. The summed E-state index contributed by atoms with van der Waals surface area (Å²) >= 11 is 10.6. The number of hydrogen-bond acceptors (Lipinski definition) is 4. The second-order valence-electron chi connectivity index (χ2n) is 4.59. The largest absolute Gasteiger partial charge is 0.455 e. The van der Waals surface area contributed by atoms with Gasteiger partial charge in [-0.1, -0.05) is 11.6 Å². The average Bonchev–Trinajstić information content (AvgIpc) is 2.83. The quantitative estimate of drug-likeness (QED) is 0.638. The van der Waals surface area contributed by atoms with Gasteiger partial charge in [0.2, 0.25) is 0 Å². The van der Waals surface area contributed by atoms with Gasteiger partial charge in [-0.25, -0.2) is 4.98 Å². The van der Waals surface area contributed by atoms with Crippen molar-refractivity contribution in [3.8, 4) is 11.5 Å². The van der Waals surface area contributed by atoms with Crippen LogP contribution in [-0.2, 0) is 0 Å². The van der Waals surface area contributed by atoms with Crippen LogP contribution in [0.3, 0.4) is 0 Å². The lowest BCUT2D eigenvalue weighted by molar-refractivity contribution is 0.100. The predicted octanol–water partition coefficient (Wildman–Crippen LogP) is 4.91. The minimum absolute atomic E-state index is 0.456. The Morgan fingerprint density at radius 1 is 1.36 bits per heavy atom. The predicted molar refractivity (Wildman–Crippen MR) is 92.1 cm³/mol. The molecule has 4 nitrogen and oxygen atoms in total. The monoisotopic (exact) mass is 396 g/mol. The number of thiophene rings is 1. The third-order valence-electron chi connectivity index (χ3n) is 3.14. The van der Waals surface area contributed by atoms with Crippen LogP contribution in [0.4, 0.5) is 0 Å². The van der Waals surface area contributed by atoms with Crippen molar-refractivity contribution in [3.05, 3.63) is 50.5 Å². The normalized spacial score (nSPS) is 10.9. The fourth-order valence-electron chi connectivity index (χ4n) is 2.14. The van der Waals surface area contributed by atoms with Gasteiger partial charge in [0.15, 0.2) is 5.75 Å². The van der Waals surface area contributed by atoms with E-state index in [0.29, 0.717) is 26.0 Å². The summed E-state index contributed by atoms with van der Waals surface area (Å²) in [4.78, 5) is 16.3. The molecule has 0 saturated heterocycles. The molecule has 2 N–H and O–H groups in total. The zero-order valence-corrected chi connectivity index (χ0v) is 14.6. The number of fused-ring (bicyclic) bond motifs is 1. The Labute approximate surface area is 144 Å². The maximum atomic E-state index is 11.6. The number of pyridine rings is 1. The van der Waals surface area contributed by atoms with Gasteiger partial charge in [-0.2, -0.15) is 0 Å². The lowest BCUT2D eigenvalue weighted by atomic mass is 10.1. The Balaban J connectivity index is 2.15. The molecule has 0 bridgehead atoms. The van der Waals surface area contributed by atoms with E-state index in [1.165, 1.54) is 11.3 Å². The number of aromatic nitrogens is 1. The number of carbonyl (C=O) groups excluding carboxylic acids is 1. The number of ether oxygens (including phenoxy) is 1. The van der Waals surface area contributed by atoms with E-state index in [9.17, 15) is 4.79 Å². The van der Waals surface area contributed by atoms with Crippen LogP contribution in [0.1, 0.15) is 15.2 Å². The van der Waals surface area contributed by atoms with Gasteiger partial charge in [0.25, 0.3) is 5.91 Å². The molecule has 0 fully saturated rings. The van der Waals surface area contributed by atoms with Gasteiger partial charge in [0.1, 0.15) is 10.4 Å². The molecule has 0 aliphatic heterocycles. The fourth-order valence-corrected chi connectivity index (χ4v) is 3.86. The summed E-state index contributed by atoms with van der Waals surface area (Å²) in [7, 11) is 0. The van der Waals surface area contributed by atoms with E-state index in [-0.39, 0.29) is 0 Å². The summed E-state index contributed by atoms with van der Waals surface area (Å²) in [5, 5.41) is 1.46. The molecule has 3 rings (SSSR count). The molecule has 7 heteroatoms. The molecule has 0 aliphatic carbocycles. The van der Waals surface area contributed by atoms with Gasteiger partial charge in [-0.15, -0.1) is 11.3 Å². The number of nitrogens with zero attached hydrogens (tertiary/aromatic N) is 1. The van der Waals surface area contributed by atoms with Crippen molar-refractivity contribution >= 4 is 54.9 Å². The SMILES string of the molecule is Cc1c(C(N)=O)sc2c(Br)ncc(Oc3ccc(Cl)cc3)c12. The zero-order valence-electron chi connectivity index (χ0n) is 11.4. The molecule has 0 unspecified atom stereocenters. The molecule has 2 heterocycles. The number of rotatable bonds is 3. The topological polar surface area (TPSA) is 65.2 Å². The van der Waals surface area contributed by atoms with Crippen molar-refractivity contribution in [1.82, 2.24) is 4.98 Å². The maximum absolute atomic E-state index is 11.6. The number of primary amides is 1. The van der Waals surface area contributed by atoms with Crippen LogP contribution in [-0.4, -0.2) is 10.9 Å². The number of halogens is 2. The number of carbonyl (C=O) groups is 1. The highest BCUT2D eigenvalue weighted by Gasteiger charge is 2.19. The molecule has 0 spiro atoms. The third kappa shape index (κ3) is 2.69. The fraction of sp³-hybridized carbons (Fsp3) is 0.0667. The second-order valence-corrected chi connectivity index (χ2v) is 6.80. The lowest BCUT2D eigenvalue weighted by Crippen LogP contribution is -2.09. The van der Waals surface area contributed by atoms with Crippen LogP contribution in [0.15, 0.2) is 35.1 Å². The van der Waals surface area contributed by atoms with Crippen LogP contribution in [0, 0.1) is 6.92 Å². The molecule has 0 radical (unpaired) electrons. The summed E-state index contributed by atoms with van der Waals surface area (Å²) in [5.41, 5.74) is 6.22. The first kappa shape index (κ1) is 15.3. The van der Waals surface area contributed by atoms with E-state index in [2.05, 4.69) is 20.9 Å². The van der Waals surface area contributed by atoms with Crippen molar-refractivity contribution in [2.24, 2.45) is 5.73 Å². The van der Waals surface area contributed by atoms with E-state index in [0.717, 1.165) is 15.6 Å². The van der Waals surface area contributed by atoms with Gasteiger partial charge >= 0.3 is 0 Å². The van der Waals surface area contributed by atoms with E-state index in [1.54, 1.807) is 30.5 Å². The van der Waals surface area contributed by atoms with Gasteiger partial charge in [-0.3, -0.25) is 4.79 Å². The lowest BCUT2D eigenvalue weighted by Gasteiger charge is -2.08. The Bertz CT molecular complexity index is 877. The van der Waals surface area contributed by atoms with Crippen LogP contribution in [0.5, 0.6) is 11.5 Å². The maximum Gasteiger partial charge on any atom is 0.259 e. The standard InChI is InChI=1S/C15H10BrClN2O2S/c1-7-11-10(21-9-4-2-8(17)3-5-9)6-19-14(16)13(11)22-12(7)15(18)20/h2-6H,1H3,(H2,18,20). The van der Waals surface area contributed by atoms with E-state index in [4.69, 9.17) is 22.1 Å². The Kier molecular flexibility index (Phi) is 4.08. The van der Waals surface area contributed by atoms with Crippen molar-refractivity contribution in [1.29, 1.82) is 0 Å². The van der Waals surface area contributed by atoms with Crippen LogP contribution >= 0.6 is 38.9 Å². The second kappa shape index (κ2) is 5.87. The van der Waals surface area contributed by atoms with E-state index in [1.807, 2.05) is 6.92 Å². The molecular weight excluding hydrogens is 388 g/mol. The van der Waals surface area contributed by atoms with E-state index < -0.39 is 5.91 Å². The van der Waals surface area contributed by atoms with Crippen molar-refractivity contribution in [2.45, 2.75) is 6.92 Å². The van der Waals surface area contributed by atoms with Crippen LogP contribution in [0.25, 0.3) is 10.1 Å². The molecule has 0 saturated carbocycles. The Hall–Kier alpha value is -1.63. The van der Waals surface area contributed by atoms with Crippen molar-refractivity contribution in [3.63, 3.8) is 0 Å². The zero-order chi connectivity index (χ0) is 15.9. The van der Waals surface area contributed by atoms with Crippen LogP contribution in [0.2, 0.25) is 5.02 Å². The number of benzene rings is 1. The van der Waals surface area contributed by atoms with Gasteiger partial charge < -0.3 is 10.5 Å². The highest BCUT2D eigenvalue weighted by atomic mass is 79.9. The van der Waals surface area contributed by atoms with E-state index >= 15 is 0 Å². The van der Waals surface area contributed by atoms with Gasteiger partial charge in [0.05, 0.1) is 15.8 Å². The number of aryl methyl sites for hydroxylation is 1. The highest BCUT2D eigenvalue weighted by molar-refractivity contribution is 9.10. The first-order chi connectivity index (χ1) is 10.5. The summed E-state index contributed by atoms with van der Waals surface area (Å²) < 4.78 is 7.38. The Morgan fingerprint density at radius 2 is 2.05 bits per heavy atom. The highest BCUT2D eigenvalue weighted by Crippen LogP contribution is 2.41. The summed E-state index contributed by atoms with van der Waals surface area (Å²) in [5.74, 6) is 0.755. The smallest absolute Gasteiger partial charge is 0.259 e. The summed E-state index contributed by atoms with van der Waals surface area (Å²) in [6, 6.07) is 7.03. The molecule has 3 aromatic rings. The Morgan fingerprint density at radius 3 is 2.68 bits per heavy atom. The minimum Gasteiger partial charge on any atom is -0.455 e. The molecular formula is C15H10BrClN2O2S. The van der Waals surface area contributed by atoms with Crippen molar-refractivity contribution < 1.29 is 9.53 Å². The van der Waals surface area contributed by atoms with Gasteiger partial charge in [-0.05, 0) is 52.7 Å². The third-order valence-corrected chi connectivity index (χ3v) is 5.57. The molecule has 2 aromatic heterocycles. The summed E-state index contributed by atoms with van der Waals surface area (Å²) in [6.45, 7) is 1.85. The molecule has 22 heavy (non-hydrogen) atoms. The average molecular weight is 398 g/mol. The molecule has 0 atom stereocenters. The van der Waals surface area contributed by atoms with Crippen molar-refractivity contribution in [2.75, 3.05) is 0 Å². The number of nitrogens with two attached hydrogens (primary N) is 1. The first-order valence-electron chi connectivity index (χ1n) is 6.28. The van der Waals surface area contributed by atoms with Gasteiger partial charge in [0, 0.05) is 10.4 Å². The number of hydrogen-bond donors (Lipinski definition) is 1. The summed E-state index contributed by atoms with van der Waals surface area (Å²) in [6.07, 6.45) is 1.62.